The van der Waals surface area contributed by atoms with Crippen molar-refractivity contribution in [1.82, 2.24) is 4.90 Å². The molecule has 25 heavy (non-hydrogen) atoms. The van der Waals surface area contributed by atoms with Crippen molar-refractivity contribution < 1.29 is 14.7 Å². The number of likely N-dealkylation sites (N-methyl/N-ethyl adjacent to an activating group) is 1. The molecule has 0 saturated carbocycles. The fourth-order valence-corrected chi connectivity index (χ4v) is 3.29. The van der Waals surface area contributed by atoms with E-state index in [2.05, 4.69) is 0 Å². The molecule has 1 aliphatic heterocycles. The number of anilines is 1. The molecule has 3 rings (SSSR count). The van der Waals surface area contributed by atoms with Crippen molar-refractivity contribution in [1.29, 1.82) is 0 Å². The molecule has 0 aromatic heterocycles. The molecule has 0 spiro atoms. The van der Waals surface area contributed by atoms with E-state index < -0.39 is 11.9 Å². The van der Waals surface area contributed by atoms with Crippen molar-refractivity contribution in [2.24, 2.45) is 0 Å². The van der Waals surface area contributed by atoms with E-state index in [9.17, 15) is 14.7 Å². The number of nitrogens with zero attached hydrogens (tertiary/aromatic N) is 2. The van der Waals surface area contributed by atoms with Gasteiger partial charge in [0.15, 0.2) is 0 Å². The van der Waals surface area contributed by atoms with Crippen molar-refractivity contribution in [3.8, 4) is 0 Å². The normalized spacial score (nSPS) is 15.7. The molecule has 1 heterocycles. The van der Waals surface area contributed by atoms with Gasteiger partial charge >= 0.3 is 5.97 Å². The highest BCUT2D eigenvalue weighted by Gasteiger charge is 2.34. The van der Waals surface area contributed by atoms with Crippen molar-refractivity contribution in [3.63, 3.8) is 0 Å². The van der Waals surface area contributed by atoms with Crippen molar-refractivity contribution >= 4 is 17.6 Å². The molecule has 1 unspecified atom stereocenters. The van der Waals surface area contributed by atoms with Crippen LogP contribution < -0.4 is 4.90 Å². The van der Waals surface area contributed by atoms with E-state index in [1.807, 2.05) is 66.4 Å². The summed E-state index contributed by atoms with van der Waals surface area (Å²) >= 11 is 0. The van der Waals surface area contributed by atoms with Crippen molar-refractivity contribution in [3.05, 3.63) is 65.7 Å². The fraction of sp³-hybridized carbons (Fsp3) is 0.300. The minimum absolute atomic E-state index is 0.00666. The molecule has 2 aromatic rings. The zero-order valence-corrected chi connectivity index (χ0v) is 14.3. The van der Waals surface area contributed by atoms with E-state index in [0.29, 0.717) is 19.6 Å². The third kappa shape index (κ3) is 3.65. The van der Waals surface area contributed by atoms with Gasteiger partial charge in [0.05, 0.1) is 6.54 Å². The molecular formula is C20H22N2O3. The average molecular weight is 338 g/mol. The number of para-hydroxylation sites is 1. The summed E-state index contributed by atoms with van der Waals surface area (Å²) in [7, 11) is 0. The number of amides is 1. The number of rotatable bonds is 6. The van der Waals surface area contributed by atoms with Crippen LogP contribution in [0.15, 0.2) is 54.6 Å². The maximum atomic E-state index is 12.8. The molecule has 0 aliphatic carbocycles. The molecule has 0 fully saturated rings. The first-order valence-electron chi connectivity index (χ1n) is 8.48. The second kappa shape index (κ2) is 7.38. The molecule has 1 aliphatic rings. The highest BCUT2D eigenvalue weighted by atomic mass is 16.4. The quantitative estimate of drug-likeness (QED) is 0.880. The Kier molecular flexibility index (Phi) is 5.03. The first-order chi connectivity index (χ1) is 12.1. The van der Waals surface area contributed by atoms with Crippen LogP contribution in [0.4, 0.5) is 5.69 Å². The largest absolute Gasteiger partial charge is 0.481 e. The summed E-state index contributed by atoms with van der Waals surface area (Å²) < 4.78 is 0. The lowest BCUT2D eigenvalue weighted by atomic mass is 10.0. The number of carboxylic acids is 1. The Morgan fingerprint density at radius 3 is 2.48 bits per heavy atom. The number of benzene rings is 2. The Morgan fingerprint density at radius 2 is 1.80 bits per heavy atom. The first-order valence-corrected chi connectivity index (χ1v) is 8.48. The highest BCUT2D eigenvalue weighted by Crippen LogP contribution is 2.36. The number of carbonyl (C=O) groups excluding carboxylic acids is 1. The van der Waals surface area contributed by atoms with Gasteiger partial charge in [-0.1, -0.05) is 48.5 Å². The number of carboxylic acid groups (broad SMARTS) is 1. The van der Waals surface area contributed by atoms with Crippen LogP contribution in [0.5, 0.6) is 0 Å². The van der Waals surface area contributed by atoms with Crippen LogP contribution in [0.1, 0.15) is 24.0 Å². The molecule has 0 saturated heterocycles. The summed E-state index contributed by atoms with van der Waals surface area (Å²) in [5, 5.41) is 9.44. The van der Waals surface area contributed by atoms with E-state index >= 15 is 0 Å². The number of carbonyl (C=O) groups is 2. The maximum absolute atomic E-state index is 12.8. The zero-order valence-electron chi connectivity index (χ0n) is 14.3. The predicted molar refractivity (Wildman–Crippen MR) is 96.6 cm³/mol. The summed E-state index contributed by atoms with van der Waals surface area (Å²) in [5.74, 6) is -1.42. The van der Waals surface area contributed by atoms with Crippen LogP contribution in [0.3, 0.4) is 0 Å². The first kappa shape index (κ1) is 17.0. The Morgan fingerprint density at radius 1 is 1.12 bits per heavy atom. The van der Waals surface area contributed by atoms with Crippen LogP contribution in [0.25, 0.3) is 0 Å². The minimum atomic E-state index is -0.848. The Bertz CT molecular complexity index is 761. The standard InChI is InChI=1S/C20H22N2O3/c1-2-21(12-15-8-4-3-5-9-15)19(23)14-22-13-17(20(24)25)16-10-6-7-11-18(16)22/h3-11,17H,2,12-14H2,1H3,(H,24,25). The highest BCUT2D eigenvalue weighted by molar-refractivity contribution is 5.87. The second-order valence-corrected chi connectivity index (χ2v) is 6.22. The predicted octanol–water partition coefficient (Wildman–Crippen LogP) is 2.72. The summed E-state index contributed by atoms with van der Waals surface area (Å²) in [6, 6.07) is 17.3. The molecule has 2 aromatic carbocycles. The van der Waals surface area contributed by atoms with Crippen LogP contribution in [-0.2, 0) is 16.1 Å². The maximum Gasteiger partial charge on any atom is 0.312 e. The van der Waals surface area contributed by atoms with E-state index in [0.717, 1.165) is 16.8 Å². The lowest BCUT2D eigenvalue weighted by molar-refractivity contribution is -0.138. The molecule has 5 heteroatoms. The second-order valence-electron chi connectivity index (χ2n) is 6.22. The molecule has 0 radical (unpaired) electrons. The summed E-state index contributed by atoms with van der Waals surface area (Å²) in [6.45, 7) is 3.67. The Balaban J connectivity index is 1.73. The number of hydrogen-bond acceptors (Lipinski definition) is 3. The Hall–Kier alpha value is -2.82. The van der Waals surface area contributed by atoms with E-state index in [4.69, 9.17) is 0 Å². The topological polar surface area (TPSA) is 60.9 Å². The molecule has 1 atom stereocenters. The van der Waals surface area contributed by atoms with Gasteiger partial charge in [-0.3, -0.25) is 9.59 Å². The lowest BCUT2D eigenvalue weighted by Gasteiger charge is -2.26. The van der Waals surface area contributed by atoms with Gasteiger partial charge in [-0.15, -0.1) is 0 Å². The van der Waals surface area contributed by atoms with Gasteiger partial charge in [0.25, 0.3) is 0 Å². The molecule has 5 nitrogen and oxygen atoms in total. The monoisotopic (exact) mass is 338 g/mol. The van der Waals surface area contributed by atoms with Crippen LogP contribution in [0.2, 0.25) is 0 Å². The van der Waals surface area contributed by atoms with Gasteiger partial charge in [0.1, 0.15) is 5.92 Å². The molecule has 130 valence electrons. The zero-order chi connectivity index (χ0) is 17.8. The van der Waals surface area contributed by atoms with Gasteiger partial charge in [-0.25, -0.2) is 0 Å². The van der Waals surface area contributed by atoms with Crippen LogP contribution in [-0.4, -0.2) is 41.5 Å². The summed E-state index contributed by atoms with van der Waals surface area (Å²) in [6.07, 6.45) is 0. The SMILES string of the molecule is CCN(Cc1ccccc1)C(=O)CN1CC(C(=O)O)c2ccccc21. The summed E-state index contributed by atoms with van der Waals surface area (Å²) in [5.41, 5.74) is 2.72. The number of hydrogen-bond donors (Lipinski definition) is 1. The minimum Gasteiger partial charge on any atom is -0.481 e. The van der Waals surface area contributed by atoms with Crippen molar-refractivity contribution in [2.75, 3.05) is 24.5 Å². The molecule has 1 N–H and O–H groups in total. The molecular weight excluding hydrogens is 316 g/mol. The fourth-order valence-electron chi connectivity index (χ4n) is 3.29. The number of aliphatic carboxylic acids is 1. The third-order valence-electron chi connectivity index (χ3n) is 4.63. The third-order valence-corrected chi connectivity index (χ3v) is 4.63. The smallest absolute Gasteiger partial charge is 0.312 e. The lowest BCUT2D eigenvalue weighted by Crippen LogP contribution is -2.40. The van der Waals surface area contributed by atoms with Crippen molar-refractivity contribution in [2.45, 2.75) is 19.4 Å². The van der Waals surface area contributed by atoms with Crippen LogP contribution >= 0.6 is 0 Å². The Labute approximate surface area is 147 Å². The molecule has 1 amide bonds. The molecule has 0 bridgehead atoms. The van der Waals surface area contributed by atoms with E-state index in [1.165, 1.54) is 0 Å². The van der Waals surface area contributed by atoms with Gasteiger partial charge in [-0.2, -0.15) is 0 Å². The van der Waals surface area contributed by atoms with E-state index in [1.54, 1.807) is 4.90 Å². The average Bonchev–Trinajstić information content (AvgIpc) is 2.99. The number of fused-ring (bicyclic) bond motifs is 1. The van der Waals surface area contributed by atoms with Gasteiger partial charge in [-0.05, 0) is 24.1 Å². The van der Waals surface area contributed by atoms with E-state index in [-0.39, 0.29) is 12.5 Å². The van der Waals surface area contributed by atoms with Gasteiger partial charge in [0.2, 0.25) is 5.91 Å². The van der Waals surface area contributed by atoms with Gasteiger partial charge in [0, 0.05) is 25.3 Å². The van der Waals surface area contributed by atoms with Crippen LogP contribution in [0, 0.1) is 0 Å². The van der Waals surface area contributed by atoms with Gasteiger partial charge < -0.3 is 14.9 Å². The summed E-state index contributed by atoms with van der Waals surface area (Å²) in [4.78, 5) is 27.9.